The van der Waals surface area contributed by atoms with Crippen LogP contribution in [0.5, 0.6) is 0 Å². The molecule has 1 amide bonds. The molecule has 2 atom stereocenters. The van der Waals surface area contributed by atoms with Gasteiger partial charge in [-0.2, -0.15) is 4.31 Å². The molecular formula is C17H20BrN3O3S2. The fraction of sp³-hybridized carbons (Fsp3) is 0.412. The van der Waals surface area contributed by atoms with Crippen molar-refractivity contribution >= 4 is 43.2 Å². The summed E-state index contributed by atoms with van der Waals surface area (Å²) in [6, 6.07) is 8.65. The first-order valence-electron chi connectivity index (χ1n) is 8.34. The normalized spacial score (nSPS) is 19.8. The van der Waals surface area contributed by atoms with Gasteiger partial charge in [0.1, 0.15) is 4.21 Å². The molecule has 0 radical (unpaired) electrons. The molecule has 2 aromatic heterocycles. The van der Waals surface area contributed by atoms with Crippen molar-refractivity contribution in [2.45, 2.75) is 30.0 Å². The first-order chi connectivity index (χ1) is 12.4. The van der Waals surface area contributed by atoms with Gasteiger partial charge in [-0.3, -0.25) is 9.78 Å². The molecule has 140 valence electrons. The number of thiophene rings is 1. The molecule has 0 bridgehead atoms. The van der Waals surface area contributed by atoms with E-state index < -0.39 is 10.0 Å². The van der Waals surface area contributed by atoms with Gasteiger partial charge >= 0.3 is 0 Å². The molecule has 1 N–H and O–H groups in total. The summed E-state index contributed by atoms with van der Waals surface area (Å²) in [4.78, 5) is 16.9. The van der Waals surface area contributed by atoms with E-state index in [0.29, 0.717) is 23.6 Å². The first-order valence-corrected chi connectivity index (χ1v) is 11.4. The minimum absolute atomic E-state index is 0.129. The molecule has 1 aliphatic heterocycles. The monoisotopic (exact) mass is 457 g/mol. The summed E-state index contributed by atoms with van der Waals surface area (Å²) < 4.78 is 28.1. The van der Waals surface area contributed by atoms with Gasteiger partial charge in [-0.15, -0.1) is 11.3 Å². The molecule has 9 heteroatoms. The zero-order valence-electron chi connectivity index (χ0n) is 14.3. The van der Waals surface area contributed by atoms with Crippen LogP contribution in [0.25, 0.3) is 0 Å². The second-order valence-corrected chi connectivity index (χ2v) is 10.9. The molecule has 26 heavy (non-hydrogen) atoms. The highest BCUT2D eigenvalue weighted by atomic mass is 79.9. The third-order valence-electron chi connectivity index (χ3n) is 4.39. The first kappa shape index (κ1) is 19.5. The van der Waals surface area contributed by atoms with Crippen molar-refractivity contribution < 1.29 is 13.2 Å². The minimum Gasteiger partial charge on any atom is -0.348 e. The second kappa shape index (κ2) is 8.16. The number of sulfonamides is 1. The maximum Gasteiger partial charge on any atom is 0.252 e. The van der Waals surface area contributed by atoms with Gasteiger partial charge < -0.3 is 5.32 Å². The lowest BCUT2D eigenvalue weighted by molar-refractivity contribution is -0.126. The second-order valence-electron chi connectivity index (χ2n) is 6.25. The van der Waals surface area contributed by atoms with Crippen molar-refractivity contribution in [2.24, 2.45) is 5.92 Å². The molecule has 0 aliphatic carbocycles. The molecule has 6 nitrogen and oxygen atoms in total. The van der Waals surface area contributed by atoms with Crippen molar-refractivity contribution in [3.8, 4) is 0 Å². The molecule has 3 rings (SSSR count). The summed E-state index contributed by atoms with van der Waals surface area (Å²) in [6.07, 6.45) is 3.04. The van der Waals surface area contributed by atoms with Crippen LogP contribution < -0.4 is 5.32 Å². The van der Waals surface area contributed by atoms with E-state index in [4.69, 9.17) is 0 Å². The number of amides is 1. The Balaban J connectivity index is 1.67. The predicted molar refractivity (Wildman–Crippen MR) is 104 cm³/mol. The summed E-state index contributed by atoms with van der Waals surface area (Å²) in [5.74, 6) is -0.483. The Morgan fingerprint density at radius 3 is 2.85 bits per heavy atom. The average molecular weight is 458 g/mol. The van der Waals surface area contributed by atoms with Gasteiger partial charge in [-0.25, -0.2) is 8.42 Å². The summed E-state index contributed by atoms with van der Waals surface area (Å²) in [7, 11) is -3.56. The summed E-state index contributed by atoms with van der Waals surface area (Å²) in [5, 5.41) is 2.95. The van der Waals surface area contributed by atoms with E-state index in [1.807, 2.05) is 25.1 Å². The van der Waals surface area contributed by atoms with Crippen LogP contribution in [0.3, 0.4) is 0 Å². The van der Waals surface area contributed by atoms with Gasteiger partial charge in [-0.1, -0.05) is 6.07 Å². The van der Waals surface area contributed by atoms with Crippen molar-refractivity contribution in [3.63, 3.8) is 0 Å². The van der Waals surface area contributed by atoms with E-state index in [2.05, 4.69) is 26.2 Å². The Bertz CT molecular complexity index is 870. The van der Waals surface area contributed by atoms with E-state index in [1.54, 1.807) is 18.3 Å². The maximum atomic E-state index is 12.8. The van der Waals surface area contributed by atoms with E-state index in [1.165, 1.54) is 15.6 Å². The smallest absolute Gasteiger partial charge is 0.252 e. The number of nitrogens with zero attached hydrogens (tertiary/aromatic N) is 2. The lowest BCUT2D eigenvalue weighted by atomic mass is 9.98. The number of piperidine rings is 1. The number of halogens is 1. The Kier molecular flexibility index (Phi) is 6.11. The Morgan fingerprint density at radius 2 is 2.19 bits per heavy atom. The predicted octanol–water partition coefficient (Wildman–Crippen LogP) is 3.18. The fourth-order valence-corrected chi connectivity index (χ4v) is 6.66. The molecule has 0 spiro atoms. The highest BCUT2D eigenvalue weighted by Gasteiger charge is 2.34. The standard InChI is InChI=1S/C17H20BrN3O3S2/c1-12(14-6-2-3-9-19-14)20-17(22)13-5-4-10-21(11-13)26(23,24)16-8-7-15(18)25-16/h2-3,6-9,12-13H,4-5,10-11H2,1H3,(H,20,22)/t12-,13-/m1/s1. The van der Waals surface area contributed by atoms with E-state index >= 15 is 0 Å². The van der Waals surface area contributed by atoms with Gasteiger partial charge in [0.2, 0.25) is 5.91 Å². The van der Waals surface area contributed by atoms with Crippen molar-refractivity contribution in [3.05, 3.63) is 46.0 Å². The Hall–Kier alpha value is -1.29. The minimum atomic E-state index is -3.56. The molecule has 2 aromatic rings. The lowest BCUT2D eigenvalue weighted by Gasteiger charge is -2.31. The van der Waals surface area contributed by atoms with Crippen LogP contribution in [0, 0.1) is 5.92 Å². The van der Waals surface area contributed by atoms with Gasteiger partial charge in [0.05, 0.1) is 21.4 Å². The molecule has 0 aromatic carbocycles. The SMILES string of the molecule is C[C@@H](NC(=O)[C@@H]1CCCN(S(=O)(=O)c2ccc(Br)s2)C1)c1ccccn1. The van der Waals surface area contributed by atoms with Gasteiger partial charge in [0.25, 0.3) is 10.0 Å². The topological polar surface area (TPSA) is 79.4 Å². The van der Waals surface area contributed by atoms with Crippen LogP contribution in [0.15, 0.2) is 44.5 Å². The zero-order chi connectivity index (χ0) is 18.7. The summed E-state index contributed by atoms with van der Waals surface area (Å²) >= 11 is 4.48. The van der Waals surface area contributed by atoms with Gasteiger partial charge in [0, 0.05) is 19.3 Å². The summed E-state index contributed by atoms with van der Waals surface area (Å²) in [6.45, 7) is 2.52. The maximum absolute atomic E-state index is 12.8. The number of pyridine rings is 1. The van der Waals surface area contributed by atoms with Gasteiger partial charge in [-0.05, 0) is 60.0 Å². The Morgan fingerprint density at radius 1 is 1.38 bits per heavy atom. The fourth-order valence-electron chi connectivity index (χ4n) is 2.98. The molecule has 1 fully saturated rings. The number of hydrogen-bond donors (Lipinski definition) is 1. The third kappa shape index (κ3) is 4.33. The van der Waals surface area contributed by atoms with Crippen LogP contribution in [-0.4, -0.2) is 36.7 Å². The average Bonchev–Trinajstić information content (AvgIpc) is 3.10. The number of nitrogens with one attached hydrogen (secondary N) is 1. The number of hydrogen-bond acceptors (Lipinski definition) is 5. The molecule has 1 aliphatic rings. The van der Waals surface area contributed by atoms with Crippen LogP contribution in [0.1, 0.15) is 31.5 Å². The highest BCUT2D eigenvalue weighted by Crippen LogP contribution is 2.31. The number of aromatic nitrogens is 1. The van der Waals surface area contributed by atoms with E-state index in [-0.39, 0.29) is 24.4 Å². The van der Waals surface area contributed by atoms with Crippen LogP contribution in [-0.2, 0) is 14.8 Å². The molecular weight excluding hydrogens is 438 g/mol. The van der Waals surface area contributed by atoms with Crippen LogP contribution in [0.2, 0.25) is 0 Å². The largest absolute Gasteiger partial charge is 0.348 e. The molecule has 3 heterocycles. The third-order valence-corrected chi connectivity index (χ3v) is 8.34. The molecule has 1 saturated heterocycles. The Labute approximate surface area is 165 Å². The van der Waals surface area contributed by atoms with Crippen LogP contribution >= 0.6 is 27.3 Å². The number of carbonyl (C=O) groups excluding carboxylic acids is 1. The number of rotatable bonds is 5. The van der Waals surface area contributed by atoms with Gasteiger partial charge in [0.15, 0.2) is 0 Å². The number of carbonyl (C=O) groups is 1. The molecule has 0 unspecified atom stereocenters. The summed E-state index contributed by atoms with van der Waals surface area (Å²) in [5.41, 5.74) is 0.782. The zero-order valence-corrected chi connectivity index (χ0v) is 17.5. The van der Waals surface area contributed by atoms with Crippen molar-refractivity contribution in [2.75, 3.05) is 13.1 Å². The van der Waals surface area contributed by atoms with Crippen molar-refractivity contribution in [1.29, 1.82) is 0 Å². The lowest BCUT2D eigenvalue weighted by Crippen LogP contribution is -2.45. The quantitative estimate of drug-likeness (QED) is 0.747. The molecule has 0 saturated carbocycles. The highest BCUT2D eigenvalue weighted by molar-refractivity contribution is 9.11. The van der Waals surface area contributed by atoms with E-state index in [0.717, 1.165) is 9.48 Å². The van der Waals surface area contributed by atoms with Crippen molar-refractivity contribution in [1.82, 2.24) is 14.6 Å². The van der Waals surface area contributed by atoms with Crippen LogP contribution in [0.4, 0.5) is 0 Å². The van der Waals surface area contributed by atoms with E-state index in [9.17, 15) is 13.2 Å².